The highest BCUT2D eigenvalue weighted by Gasteiger charge is 2.29. The van der Waals surface area contributed by atoms with Crippen molar-refractivity contribution in [3.63, 3.8) is 0 Å². The molecule has 0 fully saturated rings. The van der Waals surface area contributed by atoms with Crippen LogP contribution in [0.5, 0.6) is 17.2 Å². The standard InChI is InChI=1S/C32H30O5/c1-21(2)16-18-34-30-24-15-17-32(3,4)37-25(24)19-26-27(30)28(33)31(35-20-22-11-7-5-8-12-22)29(36-26)23-13-9-6-10-14-23/h5-17,19H,18,20H2,1-4H3. The van der Waals surface area contributed by atoms with Crippen molar-refractivity contribution in [2.45, 2.75) is 39.9 Å². The fourth-order valence-electron chi connectivity index (χ4n) is 4.22. The van der Waals surface area contributed by atoms with Crippen molar-refractivity contribution in [2.75, 3.05) is 6.61 Å². The highest BCUT2D eigenvalue weighted by atomic mass is 16.5. The molecule has 1 aliphatic rings. The monoisotopic (exact) mass is 494 g/mol. The molecule has 0 aliphatic carbocycles. The van der Waals surface area contributed by atoms with E-state index >= 15 is 0 Å². The average Bonchev–Trinajstić information content (AvgIpc) is 2.88. The fraction of sp³-hybridized carbons (Fsp3) is 0.219. The molecule has 37 heavy (non-hydrogen) atoms. The average molecular weight is 495 g/mol. The zero-order valence-electron chi connectivity index (χ0n) is 21.5. The Labute approximate surface area is 216 Å². The first-order chi connectivity index (χ1) is 17.8. The summed E-state index contributed by atoms with van der Waals surface area (Å²) in [6, 6.07) is 21.0. The number of benzene rings is 3. The normalized spacial score (nSPS) is 13.5. The second-order valence-electron chi connectivity index (χ2n) is 9.85. The van der Waals surface area contributed by atoms with Gasteiger partial charge in [-0.3, -0.25) is 4.79 Å². The van der Waals surface area contributed by atoms with Crippen LogP contribution in [-0.2, 0) is 6.61 Å². The summed E-state index contributed by atoms with van der Waals surface area (Å²) in [5.41, 5.74) is 3.12. The Balaban J connectivity index is 1.74. The Bertz CT molecular complexity index is 1540. The topological polar surface area (TPSA) is 57.9 Å². The molecular weight excluding hydrogens is 464 g/mol. The van der Waals surface area contributed by atoms with Crippen molar-refractivity contribution >= 4 is 17.0 Å². The van der Waals surface area contributed by atoms with Gasteiger partial charge in [0.2, 0.25) is 11.2 Å². The van der Waals surface area contributed by atoms with Crippen LogP contribution in [0, 0.1) is 0 Å². The van der Waals surface area contributed by atoms with Crippen molar-refractivity contribution in [1.29, 1.82) is 0 Å². The van der Waals surface area contributed by atoms with E-state index in [-0.39, 0.29) is 17.8 Å². The molecule has 2 heterocycles. The lowest BCUT2D eigenvalue weighted by molar-refractivity contribution is 0.158. The first-order valence-electron chi connectivity index (χ1n) is 12.4. The second-order valence-corrected chi connectivity index (χ2v) is 9.85. The van der Waals surface area contributed by atoms with E-state index < -0.39 is 5.60 Å². The highest BCUT2D eigenvalue weighted by molar-refractivity contribution is 5.93. The van der Waals surface area contributed by atoms with Crippen LogP contribution in [0.1, 0.15) is 38.8 Å². The van der Waals surface area contributed by atoms with E-state index in [0.717, 1.165) is 16.7 Å². The number of hydrogen-bond donors (Lipinski definition) is 0. The van der Waals surface area contributed by atoms with Crippen molar-refractivity contribution in [1.82, 2.24) is 0 Å². The second kappa shape index (κ2) is 10.0. The maximum absolute atomic E-state index is 14.1. The zero-order valence-corrected chi connectivity index (χ0v) is 21.5. The number of fused-ring (bicyclic) bond motifs is 2. The number of ether oxygens (including phenoxy) is 3. The summed E-state index contributed by atoms with van der Waals surface area (Å²) in [5.74, 6) is 1.55. The predicted molar refractivity (Wildman–Crippen MR) is 147 cm³/mol. The fourth-order valence-corrected chi connectivity index (χ4v) is 4.22. The largest absolute Gasteiger partial charge is 0.488 e. The van der Waals surface area contributed by atoms with Gasteiger partial charge in [0.05, 0.1) is 5.56 Å². The highest BCUT2D eigenvalue weighted by Crippen LogP contribution is 2.43. The van der Waals surface area contributed by atoms with Crippen LogP contribution in [-0.4, -0.2) is 12.2 Å². The molecule has 5 rings (SSSR count). The Morgan fingerprint density at radius 3 is 2.35 bits per heavy atom. The summed E-state index contributed by atoms with van der Waals surface area (Å²) in [6.07, 6.45) is 5.88. The third-order valence-corrected chi connectivity index (χ3v) is 6.10. The van der Waals surface area contributed by atoms with Crippen molar-refractivity contribution in [2.24, 2.45) is 0 Å². The summed E-state index contributed by atoms with van der Waals surface area (Å²) in [5, 5.41) is 0.330. The number of rotatable bonds is 7. The van der Waals surface area contributed by atoms with Gasteiger partial charge >= 0.3 is 0 Å². The van der Waals surface area contributed by atoms with Crippen molar-refractivity contribution < 1.29 is 18.6 Å². The molecule has 5 heteroatoms. The van der Waals surface area contributed by atoms with Gasteiger partial charge in [-0.05, 0) is 51.5 Å². The van der Waals surface area contributed by atoms with Gasteiger partial charge in [-0.15, -0.1) is 0 Å². The lowest BCUT2D eigenvalue weighted by Gasteiger charge is -2.29. The molecule has 0 spiro atoms. The third-order valence-electron chi connectivity index (χ3n) is 6.10. The molecule has 1 aromatic heterocycles. The summed E-state index contributed by atoms with van der Waals surface area (Å²) < 4.78 is 25.1. The first kappa shape index (κ1) is 24.4. The van der Waals surface area contributed by atoms with Crippen molar-refractivity contribution in [3.05, 3.63) is 106 Å². The van der Waals surface area contributed by atoms with Gasteiger partial charge < -0.3 is 18.6 Å². The molecular formula is C32H30O5. The quantitative estimate of drug-likeness (QED) is 0.248. The van der Waals surface area contributed by atoms with Crippen LogP contribution in [0.25, 0.3) is 28.4 Å². The van der Waals surface area contributed by atoms with E-state index in [4.69, 9.17) is 18.6 Å². The SMILES string of the molecule is CC(C)=CCOc1c2c(cc3oc(-c4ccccc4)c(OCc4ccccc4)c(=O)c13)OC(C)(C)C=C2. The van der Waals surface area contributed by atoms with Gasteiger partial charge in [0.1, 0.15) is 41.3 Å². The van der Waals surface area contributed by atoms with Gasteiger partial charge in [-0.25, -0.2) is 0 Å². The van der Waals surface area contributed by atoms with Crippen LogP contribution in [0.2, 0.25) is 0 Å². The molecule has 188 valence electrons. The van der Waals surface area contributed by atoms with E-state index in [0.29, 0.717) is 40.4 Å². The van der Waals surface area contributed by atoms with Gasteiger partial charge in [0.15, 0.2) is 5.76 Å². The molecule has 0 radical (unpaired) electrons. The Morgan fingerprint density at radius 2 is 1.65 bits per heavy atom. The first-order valence-corrected chi connectivity index (χ1v) is 12.4. The third kappa shape index (κ3) is 5.17. The summed E-state index contributed by atoms with van der Waals surface area (Å²) in [7, 11) is 0. The lowest BCUT2D eigenvalue weighted by Crippen LogP contribution is -2.27. The van der Waals surface area contributed by atoms with E-state index in [1.165, 1.54) is 0 Å². The molecule has 5 nitrogen and oxygen atoms in total. The molecule has 1 aliphatic heterocycles. The van der Waals surface area contributed by atoms with Crippen LogP contribution in [0.15, 0.2) is 93.7 Å². The summed E-state index contributed by atoms with van der Waals surface area (Å²) in [4.78, 5) is 14.1. The van der Waals surface area contributed by atoms with Crippen LogP contribution in [0.3, 0.4) is 0 Å². The smallest absolute Gasteiger partial charge is 0.239 e. The summed E-state index contributed by atoms with van der Waals surface area (Å²) >= 11 is 0. The van der Waals surface area contributed by atoms with E-state index in [9.17, 15) is 4.79 Å². The zero-order chi connectivity index (χ0) is 26.0. The van der Waals surface area contributed by atoms with Gasteiger partial charge in [0, 0.05) is 11.6 Å². The van der Waals surface area contributed by atoms with E-state index in [1.807, 2.05) is 107 Å². The van der Waals surface area contributed by atoms with Crippen molar-refractivity contribution in [3.8, 4) is 28.6 Å². The molecule has 0 bridgehead atoms. The Kier molecular flexibility index (Phi) is 6.62. The molecule has 0 saturated carbocycles. The van der Waals surface area contributed by atoms with E-state index in [2.05, 4.69) is 0 Å². The lowest BCUT2D eigenvalue weighted by atomic mass is 9.99. The van der Waals surface area contributed by atoms with Gasteiger partial charge in [-0.2, -0.15) is 0 Å². The maximum Gasteiger partial charge on any atom is 0.239 e. The van der Waals surface area contributed by atoms with Gasteiger partial charge in [0.25, 0.3) is 0 Å². The minimum Gasteiger partial charge on any atom is -0.488 e. The van der Waals surface area contributed by atoms with Crippen LogP contribution in [0.4, 0.5) is 0 Å². The maximum atomic E-state index is 14.1. The molecule has 0 amide bonds. The van der Waals surface area contributed by atoms with Gasteiger partial charge in [-0.1, -0.05) is 66.2 Å². The Hall–Kier alpha value is -4.25. The number of hydrogen-bond acceptors (Lipinski definition) is 5. The molecule has 4 aromatic rings. The number of allylic oxidation sites excluding steroid dienone is 1. The molecule has 0 N–H and O–H groups in total. The molecule has 0 saturated heterocycles. The van der Waals surface area contributed by atoms with E-state index in [1.54, 1.807) is 6.07 Å². The minimum atomic E-state index is -0.501. The molecule has 0 unspecified atom stereocenters. The molecule has 0 atom stereocenters. The molecule has 3 aromatic carbocycles. The Morgan fingerprint density at radius 1 is 0.946 bits per heavy atom. The summed E-state index contributed by atoms with van der Waals surface area (Å²) in [6.45, 7) is 8.50. The predicted octanol–water partition coefficient (Wildman–Crippen LogP) is 7.57. The van der Waals surface area contributed by atoms with Crippen LogP contribution >= 0.6 is 0 Å². The van der Waals surface area contributed by atoms with Crippen LogP contribution < -0.4 is 19.6 Å². The minimum absolute atomic E-state index is 0.149.